The molecule has 6 heteroatoms. The van der Waals surface area contributed by atoms with Gasteiger partial charge in [0.2, 0.25) is 11.9 Å². The van der Waals surface area contributed by atoms with Crippen LogP contribution in [0.2, 0.25) is 0 Å². The number of aromatic nitrogens is 3. The van der Waals surface area contributed by atoms with Crippen LogP contribution < -0.4 is 10.2 Å². The van der Waals surface area contributed by atoms with E-state index in [1.54, 1.807) is 4.52 Å². The molecule has 0 bridgehead atoms. The van der Waals surface area contributed by atoms with Crippen LogP contribution >= 0.6 is 0 Å². The lowest BCUT2D eigenvalue weighted by atomic mass is 10.1. The molecule has 6 nitrogen and oxygen atoms in total. The molecular weight excluding hydrogens is 362 g/mol. The fourth-order valence-corrected chi connectivity index (χ4v) is 3.41. The Bertz CT molecular complexity index is 1120. The van der Waals surface area contributed by atoms with Gasteiger partial charge in [-0.3, -0.25) is 10.1 Å². The molecular formula is C23H23N5O. The third-order valence-electron chi connectivity index (χ3n) is 4.84. The number of nitrogens with one attached hydrogen (secondary N) is 1. The van der Waals surface area contributed by atoms with E-state index >= 15 is 0 Å². The Labute approximate surface area is 169 Å². The van der Waals surface area contributed by atoms with E-state index in [-0.39, 0.29) is 5.91 Å². The number of amides is 1. The summed E-state index contributed by atoms with van der Waals surface area (Å²) >= 11 is 0. The van der Waals surface area contributed by atoms with Gasteiger partial charge < -0.3 is 4.90 Å². The number of fused-ring (bicyclic) bond motifs is 1. The standard InChI is InChI=1S/C23H23N5O/c1-17-20(27(2)16-19-11-7-4-8-12-19)13-14-21-24-23(26-28(17)21)25-22(29)15-18-9-5-3-6-10-18/h3-14H,15-16H2,1-2H3,(H,25,26,29). The van der Waals surface area contributed by atoms with Gasteiger partial charge in [-0.25, -0.2) is 4.52 Å². The molecule has 2 heterocycles. The van der Waals surface area contributed by atoms with Gasteiger partial charge in [-0.05, 0) is 30.2 Å². The molecule has 0 unspecified atom stereocenters. The number of hydrogen-bond donors (Lipinski definition) is 1. The number of aryl methyl sites for hydroxylation is 1. The van der Waals surface area contributed by atoms with Crippen molar-refractivity contribution in [1.82, 2.24) is 14.6 Å². The summed E-state index contributed by atoms with van der Waals surface area (Å²) in [6, 6.07) is 23.9. The van der Waals surface area contributed by atoms with E-state index in [0.29, 0.717) is 18.0 Å². The smallest absolute Gasteiger partial charge is 0.249 e. The van der Waals surface area contributed by atoms with Crippen molar-refractivity contribution in [2.24, 2.45) is 0 Å². The molecule has 0 saturated heterocycles. The lowest BCUT2D eigenvalue weighted by Crippen LogP contribution is -2.18. The molecule has 0 aliphatic heterocycles. The lowest BCUT2D eigenvalue weighted by Gasteiger charge is -2.21. The largest absolute Gasteiger partial charge is 0.369 e. The molecule has 4 rings (SSSR count). The predicted molar refractivity (Wildman–Crippen MR) is 115 cm³/mol. The van der Waals surface area contributed by atoms with E-state index in [1.165, 1.54) is 5.56 Å². The van der Waals surface area contributed by atoms with Crippen molar-refractivity contribution in [2.45, 2.75) is 19.9 Å². The van der Waals surface area contributed by atoms with E-state index in [9.17, 15) is 4.79 Å². The first-order chi connectivity index (χ1) is 14.1. The molecule has 0 spiro atoms. The summed E-state index contributed by atoms with van der Waals surface area (Å²) in [5.74, 6) is 0.183. The highest BCUT2D eigenvalue weighted by Gasteiger charge is 2.13. The van der Waals surface area contributed by atoms with Crippen molar-refractivity contribution in [1.29, 1.82) is 0 Å². The molecule has 146 valence electrons. The zero-order chi connectivity index (χ0) is 20.2. The maximum atomic E-state index is 12.3. The van der Waals surface area contributed by atoms with Gasteiger partial charge in [-0.2, -0.15) is 4.98 Å². The average molecular weight is 385 g/mol. The Balaban J connectivity index is 1.52. The number of anilines is 2. The van der Waals surface area contributed by atoms with E-state index < -0.39 is 0 Å². The molecule has 1 amide bonds. The Morgan fingerprint density at radius 2 is 1.62 bits per heavy atom. The molecule has 0 saturated carbocycles. The first-order valence-corrected chi connectivity index (χ1v) is 9.55. The quantitative estimate of drug-likeness (QED) is 0.548. The SMILES string of the molecule is Cc1c(N(C)Cc2ccccc2)ccc2nc(NC(=O)Cc3ccccc3)nn12. The second kappa shape index (κ2) is 8.14. The molecule has 29 heavy (non-hydrogen) atoms. The number of nitrogens with zero attached hydrogens (tertiary/aromatic N) is 4. The Morgan fingerprint density at radius 1 is 0.966 bits per heavy atom. The molecule has 2 aromatic carbocycles. The molecule has 0 atom stereocenters. The van der Waals surface area contributed by atoms with Crippen molar-refractivity contribution in [2.75, 3.05) is 17.3 Å². The van der Waals surface area contributed by atoms with E-state index in [0.717, 1.165) is 23.5 Å². The Morgan fingerprint density at radius 3 is 2.31 bits per heavy atom. The fraction of sp³-hybridized carbons (Fsp3) is 0.174. The Kier molecular flexibility index (Phi) is 5.24. The first kappa shape index (κ1) is 18.7. The van der Waals surface area contributed by atoms with Crippen LogP contribution in [0.25, 0.3) is 5.65 Å². The summed E-state index contributed by atoms with van der Waals surface area (Å²) in [6.45, 7) is 2.80. The van der Waals surface area contributed by atoms with Gasteiger partial charge in [0.15, 0.2) is 5.65 Å². The van der Waals surface area contributed by atoms with Gasteiger partial charge in [0.1, 0.15) is 0 Å². The molecule has 2 aromatic heterocycles. The first-order valence-electron chi connectivity index (χ1n) is 9.55. The highest BCUT2D eigenvalue weighted by atomic mass is 16.1. The molecule has 1 N–H and O–H groups in total. The highest BCUT2D eigenvalue weighted by Crippen LogP contribution is 2.22. The third kappa shape index (κ3) is 4.27. The van der Waals surface area contributed by atoms with Crippen LogP contribution in [0.5, 0.6) is 0 Å². The second-order valence-electron chi connectivity index (χ2n) is 7.06. The van der Waals surface area contributed by atoms with Crippen LogP contribution in [0.15, 0.2) is 72.8 Å². The number of rotatable bonds is 6. The predicted octanol–water partition coefficient (Wildman–Crippen LogP) is 3.86. The van der Waals surface area contributed by atoms with Crippen LogP contribution in [-0.4, -0.2) is 27.6 Å². The van der Waals surface area contributed by atoms with Crippen molar-refractivity contribution in [3.8, 4) is 0 Å². The summed E-state index contributed by atoms with van der Waals surface area (Å²) in [7, 11) is 2.06. The normalized spacial score (nSPS) is 10.8. The van der Waals surface area contributed by atoms with Gasteiger partial charge in [0, 0.05) is 13.6 Å². The van der Waals surface area contributed by atoms with Crippen LogP contribution in [0.4, 0.5) is 11.6 Å². The zero-order valence-corrected chi connectivity index (χ0v) is 16.5. The van der Waals surface area contributed by atoms with Crippen LogP contribution in [0.3, 0.4) is 0 Å². The minimum Gasteiger partial charge on any atom is -0.369 e. The zero-order valence-electron chi connectivity index (χ0n) is 16.5. The number of carbonyl (C=O) groups is 1. The summed E-state index contributed by atoms with van der Waals surface area (Å²) < 4.78 is 1.77. The number of pyridine rings is 1. The molecule has 4 aromatic rings. The van der Waals surface area contributed by atoms with Gasteiger partial charge in [-0.1, -0.05) is 60.7 Å². The molecule has 0 aliphatic carbocycles. The van der Waals surface area contributed by atoms with Gasteiger partial charge in [0.05, 0.1) is 17.8 Å². The second-order valence-corrected chi connectivity index (χ2v) is 7.06. The van der Waals surface area contributed by atoms with E-state index in [1.807, 2.05) is 67.6 Å². The minimum absolute atomic E-state index is 0.133. The molecule has 0 aliphatic rings. The van der Waals surface area contributed by atoms with E-state index in [2.05, 4.69) is 39.5 Å². The van der Waals surface area contributed by atoms with Crippen molar-refractivity contribution < 1.29 is 4.79 Å². The highest BCUT2D eigenvalue weighted by molar-refractivity contribution is 5.90. The van der Waals surface area contributed by atoms with Crippen LogP contribution in [0.1, 0.15) is 16.8 Å². The van der Waals surface area contributed by atoms with E-state index in [4.69, 9.17) is 0 Å². The number of benzene rings is 2. The number of hydrogen-bond acceptors (Lipinski definition) is 4. The molecule has 0 fully saturated rings. The van der Waals surface area contributed by atoms with Gasteiger partial charge in [0.25, 0.3) is 0 Å². The van der Waals surface area contributed by atoms with Crippen molar-refractivity contribution in [3.63, 3.8) is 0 Å². The fourth-order valence-electron chi connectivity index (χ4n) is 3.41. The summed E-state index contributed by atoms with van der Waals surface area (Å²) in [4.78, 5) is 18.9. The minimum atomic E-state index is -0.133. The van der Waals surface area contributed by atoms with Gasteiger partial charge >= 0.3 is 0 Å². The van der Waals surface area contributed by atoms with Crippen LogP contribution in [0, 0.1) is 6.92 Å². The molecule has 0 radical (unpaired) electrons. The average Bonchev–Trinajstić information content (AvgIpc) is 3.13. The summed E-state index contributed by atoms with van der Waals surface area (Å²) in [6.07, 6.45) is 0.292. The monoisotopic (exact) mass is 385 g/mol. The van der Waals surface area contributed by atoms with Crippen molar-refractivity contribution in [3.05, 3.63) is 89.6 Å². The third-order valence-corrected chi connectivity index (χ3v) is 4.84. The summed E-state index contributed by atoms with van der Waals surface area (Å²) in [5, 5.41) is 7.29. The number of carbonyl (C=O) groups excluding carboxylic acids is 1. The van der Waals surface area contributed by atoms with Crippen LogP contribution in [-0.2, 0) is 17.8 Å². The topological polar surface area (TPSA) is 62.5 Å². The maximum absolute atomic E-state index is 12.3. The maximum Gasteiger partial charge on any atom is 0.249 e. The summed E-state index contributed by atoms with van der Waals surface area (Å²) in [5.41, 5.74) is 4.93. The van der Waals surface area contributed by atoms with Crippen molar-refractivity contribution >= 4 is 23.2 Å². The van der Waals surface area contributed by atoms with Gasteiger partial charge in [-0.15, -0.1) is 5.10 Å². The lowest BCUT2D eigenvalue weighted by molar-refractivity contribution is -0.115. The Hall–Kier alpha value is -3.67.